The quantitative estimate of drug-likeness (QED) is 0.910. The average Bonchev–Trinajstić information content (AvgIpc) is 2.41. The molecule has 0 saturated carbocycles. The van der Waals surface area contributed by atoms with Crippen LogP contribution in [0.25, 0.3) is 0 Å². The van der Waals surface area contributed by atoms with Gasteiger partial charge in [0.1, 0.15) is 5.82 Å². The van der Waals surface area contributed by atoms with Crippen molar-refractivity contribution >= 4 is 5.97 Å². The van der Waals surface area contributed by atoms with Crippen molar-refractivity contribution in [2.75, 3.05) is 7.05 Å². The van der Waals surface area contributed by atoms with Gasteiger partial charge in [-0.3, -0.25) is 9.88 Å². The Bertz CT molecular complexity index is 602. The van der Waals surface area contributed by atoms with Crippen molar-refractivity contribution in [3.05, 3.63) is 65.2 Å². The van der Waals surface area contributed by atoms with Crippen molar-refractivity contribution in [2.45, 2.75) is 13.1 Å². The second kappa shape index (κ2) is 6.25. The van der Waals surface area contributed by atoms with E-state index < -0.39 is 11.8 Å². The van der Waals surface area contributed by atoms with E-state index in [0.717, 1.165) is 11.6 Å². The van der Waals surface area contributed by atoms with Crippen molar-refractivity contribution < 1.29 is 14.3 Å². The molecule has 0 bridgehead atoms. The minimum Gasteiger partial charge on any atom is -0.478 e. The number of halogens is 1. The molecule has 0 spiro atoms. The zero-order valence-electron chi connectivity index (χ0n) is 11.1. The van der Waals surface area contributed by atoms with E-state index in [1.54, 1.807) is 12.4 Å². The largest absolute Gasteiger partial charge is 0.478 e. The van der Waals surface area contributed by atoms with Crippen LogP contribution < -0.4 is 0 Å². The highest BCUT2D eigenvalue weighted by atomic mass is 19.1. The smallest absolute Gasteiger partial charge is 0.336 e. The van der Waals surface area contributed by atoms with E-state index in [0.29, 0.717) is 18.7 Å². The molecule has 0 aliphatic rings. The highest BCUT2D eigenvalue weighted by molar-refractivity contribution is 5.89. The average molecular weight is 274 g/mol. The summed E-state index contributed by atoms with van der Waals surface area (Å²) in [6, 6.07) is 7.64. The molecule has 4 nitrogen and oxygen atoms in total. The molecule has 20 heavy (non-hydrogen) atoms. The molecule has 0 fully saturated rings. The van der Waals surface area contributed by atoms with Gasteiger partial charge in [-0.1, -0.05) is 12.1 Å². The summed E-state index contributed by atoms with van der Waals surface area (Å²) in [5.74, 6) is -1.66. The van der Waals surface area contributed by atoms with Crippen LogP contribution in [0.3, 0.4) is 0 Å². The second-order valence-electron chi connectivity index (χ2n) is 4.64. The molecule has 1 N–H and O–H groups in total. The van der Waals surface area contributed by atoms with Crippen LogP contribution in [-0.4, -0.2) is 28.0 Å². The third-order valence-electron chi connectivity index (χ3n) is 2.92. The molecule has 2 aromatic rings. The molecule has 0 unspecified atom stereocenters. The lowest BCUT2D eigenvalue weighted by Gasteiger charge is -2.17. The molecule has 0 amide bonds. The molecule has 104 valence electrons. The first-order chi connectivity index (χ1) is 9.56. The van der Waals surface area contributed by atoms with Crippen LogP contribution in [0.5, 0.6) is 0 Å². The monoisotopic (exact) mass is 274 g/mol. The van der Waals surface area contributed by atoms with Crippen LogP contribution >= 0.6 is 0 Å². The fourth-order valence-electron chi connectivity index (χ4n) is 2.04. The Kier molecular flexibility index (Phi) is 4.42. The molecule has 2 rings (SSSR count). The third kappa shape index (κ3) is 3.61. The van der Waals surface area contributed by atoms with E-state index in [9.17, 15) is 9.18 Å². The number of carboxylic acids is 1. The van der Waals surface area contributed by atoms with E-state index >= 15 is 0 Å². The number of carbonyl (C=O) groups is 1. The molecule has 1 aromatic carbocycles. The van der Waals surface area contributed by atoms with E-state index in [1.165, 1.54) is 12.1 Å². The van der Waals surface area contributed by atoms with Crippen molar-refractivity contribution in [2.24, 2.45) is 0 Å². The second-order valence-corrected chi connectivity index (χ2v) is 4.64. The lowest BCUT2D eigenvalue weighted by Crippen LogP contribution is -2.19. The summed E-state index contributed by atoms with van der Waals surface area (Å²) < 4.78 is 13.1. The molecule has 0 aliphatic carbocycles. The van der Waals surface area contributed by atoms with E-state index in [-0.39, 0.29) is 5.56 Å². The summed E-state index contributed by atoms with van der Waals surface area (Å²) in [4.78, 5) is 17.1. The highest BCUT2D eigenvalue weighted by Crippen LogP contribution is 2.14. The van der Waals surface area contributed by atoms with Gasteiger partial charge < -0.3 is 5.11 Å². The molecule has 0 radical (unpaired) electrons. The molecular weight excluding hydrogens is 259 g/mol. The Labute approximate surface area is 116 Å². The number of pyridine rings is 1. The normalized spacial score (nSPS) is 10.8. The first kappa shape index (κ1) is 14.1. The highest BCUT2D eigenvalue weighted by Gasteiger charge is 2.13. The molecule has 5 heteroatoms. The zero-order chi connectivity index (χ0) is 14.5. The summed E-state index contributed by atoms with van der Waals surface area (Å²) in [6.45, 7) is 1.07. The molecule has 0 atom stereocenters. The van der Waals surface area contributed by atoms with Gasteiger partial charge in [0.2, 0.25) is 0 Å². The van der Waals surface area contributed by atoms with Crippen LogP contribution in [0.4, 0.5) is 4.39 Å². The van der Waals surface area contributed by atoms with Gasteiger partial charge in [-0.25, -0.2) is 9.18 Å². The maximum Gasteiger partial charge on any atom is 0.336 e. The Morgan fingerprint density at radius 2 is 2.15 bits per heavy atom. The van der Waals surface area contributed by atoms with Crippen LogP contribution in [-0.2, 0) is 13.1 Å². The summed E-state index contributed by atoms with van der Waals surface area (Å²) in [5.41, 5.74) is 1.63. The SMILES string of the molecule is CN(Cc1cccnc1)Cc1ccc(F)cc1C(=O)O. The first-order valence-corrected chi connectivity index (χ1v) is 6.15. The number of aromatic carboxylic acids is 1. The number of carboxylic acid groups (broad SMARTS) is 1. The number of nitrogens with zero attached hydrogens (tertiary/aromatic N) is 2. The minimum absolute atomic E-state index is 0.00281. The predicted molar refractivity (Wildman–Crippen MR) is 72.8 cm³/mol. The summed E-state index contributed by atoms with van der Waals surface area (Å²) in [5, 5.41) is 9.10. The summed E-state index contributed by atoms with van der Waals surface area (Å²) in [7, 11) is 1.88. The maximum absolute atomic E-state index is 13.1. The molecular formula is C15H15FN2O2. The third-order valence-corrected chi connectivity index (χ3v) is 2.92. The van der Waals surface area contributed by atoms with Gasteiger partial charge in [0.25, 0.3) is 0 Å². The molecule has 1 aromatic heterocycles. The lowest BCUT2D eigenvalue weighted by atomic mass is 10.1. The van der Waals surface area contributed by atoms with Gasteiger partial charge in [-0.15, -0.1) is 0 Å². The molecule has 0 aliphatic heterocycles. The van der Waals surface area contributed by atoms with Gasteiger partial charge in [-0.2, -0.15) is 0 Å². The first-order valence-electron chi connectivity index (χ1n) is 6.15. The van der Waals surface area contributed by atoms with Gasteiger partial charge in [0, 0.05) is 25.5 Å². The Morgan fingerprint density at radius 1 is 1.35 bits per heavy atom. The number of hydrogen-bond acceptors (Lipinski definition) is 3. The summed E-state index contributed by atoms with van der Waals surface area (Å²) in [6.07, 6.45) is 3.46. The van der Waals surface area contributed by atoms with Gasteiger partial charge in [0.05, 0.1) is 5.56 Å². The van der Waals surface area contributed by atoms with Gasteiger partial charge >= 0.3 is 5.97 Å². The van der Waals surface area contributed by atoms with E-state index in [1.807, 2.05) is 24.1 Å². The van der Waals surface area contributed by atoms with Gasteiger partial charge in [0.15, 0.2) is 0 Å². The number of benzene rings is 1. The molecule has 1 heterocycles. The number of rotatable bonds is 5. The topological polar surface area (TPSA) is 53.4 Å². The fraction of sp³-hybridized carbons (Fsp3) is 0.200. The number of aromatic nitrogens is 1. The minimum atomic E-state index is -1.12. The summed E-state index contributed by atoms with van der Waals surface area (Å²) >= 11 is 0. The van der Waals surface area contributed by atoms with Crippen LogP contribution in [0.1, 0.15) is 21.5 Å². The fourth-order valence-corrected chi connectivity index (χ4v) is 2.04. The maximum atomic E-state index is 13.1. The van der Waals surface area contributed by atoms with Crippen molar-refractivity contribution in [3.8, 4) is 0 Å². The van der Waals surface area contributed by atoms with Crippen molar-refractivity contribution in [1.82, 2.24) is 9.88 Å². The Balaban J connectivity index is 2.11. The predicted octanol–water partition coefficient (Wildman–Crippen LogP) is 2.55. The van der Waals surface area contributed by atoms with Crippen LogP contribution in [0, 0.1) is 5.82 Å². The van der Waals surface area contributed by atoms with Crippen molar-refractivity contribution in [3.63, 3.8) is 0 Å². The van der Waals surface area contributed by atoms with E-state index in [2.05, 4.69) is 4.98 Å². The standard InChI is InChI=1S/C15H15FN2O2/c1-18(9-11-3-2-6-17-8-11)10-12-4-5-13(16)7-14(12)15(19)20/h2-8H,9-10H2,1H3,(H,19,20). The zero-order valence-corrected chi connectivity index (χ0v) is 11.1. The Hall–Kier alpha value is -2.27. The van der Waals surface area contributed by atoms with Crippen molar-refractivity contribution in [1.29, 1.82) is 0 Å². The van der Waals surface area contributed by atoms with Crippen LogP contribution in [0.15, 0.2) is 42.7 Å². The van der Waals surface area contributed by atoms with E-state index in [4.69, 9.17) is 5.11 Å². The van der Waals surface area contributed by atoms with Gasteiger partial charge in [-0.05, 0) is 36.4 Å². The molecule has 0 saturated heterocycles. The van der Waals surface area contributed by atoms with Crippen LogP contribution in [0.2, 0.25) is 0 Å². The Morgan fingerprint density at radius 3 is 2.80 bits per heavy atom. The lowest BCUT2D eigenvalue weighted by molar-refractivity contribution is 0.0694. The number of hydrogen-bond donors (Lipinski definition) is 1.